The van der Waals surface area contributed by atoms with Crippen LogP contribution in [0.5, 0.6) is 5.88 Å². The van der Waals surface area contributed by atoms with E-state index < -0.39 is 0 Å². The first kappa shape index (κ1) is 14.1. The van der Waals surface area contributed by atoms with Gasteiger partial charge in [-0.2, -0.15) is 4.98 Å². The molecule has 0 unspecified atom stereocenters. The Kier molecular flexibility index (Phi) is 5.39. The number of hydrogen-bond acceptors (Lipinski definition) is 5. The van der Waals surface area contributed by atoms with Gasteiger partial charge in [-0.25, -0.2) is 0 Å². The first-order chi connectivity index (χ1) is 9.33. The lowest BCUT2D eigenvalue weighted by Crippen LogP contribution is -2.34. The minimum absolute atomic E-state index is 0.628. The molecular formula is C14H24N4O. The minimum atomic E-state index is 0.628. The van der Waals surface area contributed by atoms with Crippen LogP contribution in [0.2, 0.25) is 0 Å². The van der Waals surface area contributed by atoms with Gasteiger partial charge < -0.3 is 15.4 Å². The number of anilines is 1. The number of rotatable bonds is 6. The molecule has 0 spiro atoms. The smallest absolute Gasteiger partial charge is 0.234 e. The molecule has 19 heavy (non-hydrogen) atoms. The molecule has 0 amide bonds. The SMILES string of the molecule is CCCOc1cncc(N2CCC(CCN)CC2)n1. The van der Waals surface area contributed by atoms with Crippen LogP contribution < -0.4 is 15.4 Å². The molecule has 5 heteroatoms. The lowest BCUT2D eigenvalue weighted by atomic mass is 9.94. The summed E-state index contributed by atoms with van der Waals surface area (Å²) in [6.45, 7) is 5.65. The lowest BCUT2D eigenvalue weighted by Gasteiger charge is -2.32. The Morgan fingerprint density at radius 2 is 2.16 bits per heavy atom. The maximum Gasteiger partial charge on any atom is 0.234 e. The zero-order valence-corrected chi connectivity index (χ0v) is 11.7. The lowest BCUT2D eigenvalue weighted by molar-refractivity contribution is 0.303. The molecule has 1 fully saturated rings. The fourth-order valence-electron chi connectivity index (χ4n) is 2.45. The van der Waals surface area contributed by atoms with Crippen LogP contribution in [0.3, 0.4) is 0 Å². The third-order valence-corrected chi connectivity index (χ3v) is 3.57. The highest BCUT2D eigenvalue weighted by molar-refractivity contribution is 5.37. The van der Waals surface area contributed by atoms with Gasteiger partial charge in [-0.1, -0.05) is 6.92 Å². The number of ether oxygens (including phenoxy) is 1. The van der Waals surface area contributed by atoms with Crippen molar-refractivity contribution in [2.75, 3.05) is 31.1 Å². The van der Waals surface area contributed by atoms with Gasteiger partial charge in [0.15, 0.2) is 5.82 Å². The number of aromatic nitrogens is 2. The molecule has 0 atom stereocenters. The molecule has 2 heterocycles. The van der Waals surface area contributed by atoms with Gasteiger partial charge in [0.1, 0.15) is 0 Å². The van der Waals surface area contributed by atoms with Gasteiger partial charge in [0.25, 0.3) is 0 Å². The molecule has 5 nitrogen and oxygen atoms in total. The van der Waals surface area contributed by atoms with Crippen LogP contribution in [-0.4, -0.2) is 36.2 Å². The number of nitrogens with two attached hydrogens (primary N) is 1. The van der Waals surface area contributed by atoms with E-state index in [2.05, 4.69) is 21.8 Å². The average molecular weight is 264 g/mol. The molecule has 0 aliphatic carbocycles. The highest BCUT2D eigenvalue weighted by Crippen LogP contribution is 2.24. The standard InChI is InChI=1S/C14H24N4O/c1-2-9-19-14-11-16-10-13(17-14)18-7-4-12(3-6-15)5-8-18/h10-12H,2-9,15H2,1H3. The summed E-state index contributed by atoms with van der Waals surface area (Å²) < 4.78 is 5.53. The molecule has 0 radical (unpaired) electrons. The molecule has 1 aliphatic heterocycles. The molecule has 0 aromatic carbocycles. The summed E-state index contributed by atoms with van der Waals surface area (Å²) >= 11 is 0. The van der Waals surface area contributed by atoms with Gasteiger partial charge in [-0.05, 0) is 38.1 Å². The zero-order chi connectivity index (χ0) is 13.5. The highest BCUT2D eigenvalue weighted by Gasteiger charge is 2.20. The molecule has 1 saturated heterocycles. The van der Waals surface area contributed by atoms with Gasteiger partial charge >= 0.3 is 0 Å². The van der Waals surface area contributed by atoms with Gasteiger partial charge in [-0.3, -0.25) is 4.98 Å². The highest BCUT2D eigenvalue weighted by atomic mass is 16.5. The summed E-state index contributed by atoms with van der Waals surface area (Å²) in [7, 11) is 0. The van der Waals surface area contributed by atoms with Crippen LogP contribution in [0, 0.1) is 5.92 Å². The molecule has 1 aliphatic rings. The topological polar surface area (TPSA) is 64.3 Å². The number of piperidine rings is 1. The van der Waals surface area contributed by atoms with E-state index in [1.807, 2.05) is 6.20 Å². The number of nitrogens with zero attached hydrogens (tertiary/aromatic N) is 3. The van der Waals surface area contributed by atoms with E-state index in [0.29, 0.717) is 12.5 Å². The zero-order valence-electron chi connectivity index (χ0n) is 11.7. The molecule has 1 aromatic heterocycles. The normalized spacial score (nSPS) is 16.6. The van der Waals surface area contributed by atoms with E-state index in [0.717, 1.165) is 44.2 Å². The summed E-state index contributed by atoms with van der Waals surface area (Å²) in [6.07, 6.45) is 8.01. The summed E-state index contributed by atoms with van der Waals surface area (Å²) in [5.74, 6) is 2.33. The first-order valence-corrected chi connectivity index (χ1v) is 7.23. The monoisotopic (exact) mass is 264 g/mol. The van der Waals surface area contributed by atoms with Crippen molar-refractivity contribution in [1.29, 1.82) is 0 Å². The van der Waals surface area contributed by atoms with Gasteiger partial charge in [0.2, 0.25) is 5.88 Å². The Hall–Kier alpha value is -1.36. The summed E-state index contributed by atoms with van der Waals surface area (Å²) in [6, 6.07) is 0. The Morgan fingerprint density at radius 1 is 1.37 bits per heavy atom. The largest absolute Gasteiger partial charge is 0.477 e. The van der Waals surface area contributed by atoms with Crippen molar-refractivity contribution in [1.82, 2.24) is 9.97 Å². The van der Waals surface area contributed by atoms with Crippen molar-refractivity contribution >= 4 is 5.82 Å². The molecule has 0 bridgehead atoms. The van der Waals surface area contributed by atoms with E-state index >= 15 is 0 Å². The molecule has 0 saturated carbocycles. The molecule has 1 aromatic rings. The predicted octanol–water partition coefficient (Wildman–Crippen LogP) is 1.83. The fourth-order valence-corrected chi connectivity index (χ4v) is 2.45. The molecule has 106 valence electrons. The van der Waals surface area contributed by atoms with Crippen LogP contribution in [0.25, 0.3) is 0 Å². The third-order valence-electron chi connectivity index (χ3n) is 3.57. The van der Waals surface area contributed by atoms with Crippen LogP contribution in [0.1, 0.15) is 32.6 Å². The van der Waals surface area contributed by atoms with E-state index in [4.69, 9.17) is 10.5 Å². The van der Waals surface area contributed by atoms with Crippen molar-refractivity contribution < 1.29 is 4.74 Å². The summed E-state index contributed by atoms with van der Waals surface area (Å²) in [4.78, 5) is 11.0. The molecule has 2 rings (SSSR count). The first-order valence-electron chi connectivity index (χ1n) is 7.23. The van der Waals surface area contributed by atoms with E-state index in [9.17, 15) is 0 Å². The molecule has 2 N–H and O–H groups in total. The second kappa shape index (κ2) is 7.28. The summed E-state index contributed by atoms with van der Waals surface area (Å²) in [5, 5.41) is 0. The van der Waals surface area contributed by atoms with Gasteiger partial charge in [-0.15, -0.1) is 0 Å². The maximum atomic E-state index is 5.62. The summed E-state index contributed by atoms with van der Waals surface area (Å²) in [5.41, 5.74) is 5.62. The van der Waals surface area contributed by atoms with Gasteiger partial charge in [0, 0.05) is 13.1 Å². The minimum Gasteiger partial charge on any atom is -0.477 e. The Balaban J connectivity index is 1.91. The van der Waals surface area contributed by atoms with Crippen LogP contribution >= 0.6 is 0 Å². The Bertz CT molecular complexity index is 377. The quantitative estimate of drug-likeness (QED) is 0.849. The third kappa shape index (κ3) is 4.06. The maximum absolute atomic E-state index is 5.62. The molecular weight excluding hydrogens is 240 g/mol. The average Bonchev–Trinajstić information content (AvgIpc) is 2.46. The van der Waals surface area contributed by atoms with E-state index in [1.165, 1.54) is 12.8 Å². The van der Waals surface area contributed by atoms with E-state index in [-0.39, 0.29) is 0 Å². The predicted molar refractivity (Wildman–Crippen MR) is 76.4 cm³/mol. The van der Waals surface area contributed by atoms with Crippen LogP contribution in [0.15, 0.2) is 12.4 Å². The second-order valence-corrected chi connectivity index (χ2v) is 5.07. The van der Waals surface area contributed by atoms with Crippen molar-refractivity contribution in [2.45, 2.75) is 32.6 Å². The van der Waals surface area contributed by atoms with Gasteiger partial charge in [0.05, 0.1) is 19.0 Å². The number of hydrogen-bond donors (Lipinski definition) is 1. The van der Waals surface area contributed by atoms with E-state index in [1.54, 1.807) is 6.20 Å². The van der Waals surface area contributed by atoms with Crippen molar-refractivity contribution in [2.24, 2.45) is 11.7 Å². The van der Waals surface area contributed by atoms with Crippen LogP contribution in [-0.2, 0) is 0 Å². The fraction of sp³-hybridized carbons (Fsp3) is 0.714. The Labute approximate surface area is 115 Å². The Morgan fingerprint density at radius 3 is 2.84 bits per heavy atom. The van der Waals surface area contributed by atoms with Crippen molar-refractivity contribution in [3.05, 3.63) is 12.4 Å². The van der Waals surface area contributed by atoms with Crippen LogP contribution in [0.4, 0.5) is 5.82 Å². The van der Waals surface area contributed by atoms with Crippen molar-refractivity contribution in [3.63, 3.8) is 0 Å². The second-order valence-electron chi connectivity index (χ2n) is 5.07. The van der Waals surface area contributed by atoms with Crippen molar-refractivity contribution in [3.8, 4) is 5.88 Å².